The molecule has 4 aromatic rings. The Morgan fingerprint density at radius 3 is 2.65 bits per heavy atom. The first kappa shape index (κ1) is 16.4. The second kappa shape index (κ2) is 6.70. The Morgan fingerprint density at radius 1 is 1.15 bits per heavy atom. The van der Waals surface area contributed by atoms with Crippen molar-refractivity contribution in [3.63, 3.8) is 0 Å². The lowest BCUT2D eigenvalue weighted by atomic mass is 10.1. The molecule has 0 atom stereocenters. The van der Waals surface area contributed by atoms with Crippen LogP contribution in [0, 0.1) is 0 Å². The predicted octanol–water partition coefficient (Wildman–Crippen LogP) is 4.25. The summed E-state index contributed by atoms with van der Waals surface area (Å²) in [7, 11) is 0. The number of hydrogen-bond donors (Lipinski definition) is 2. The normalized spacial score (nSPS) is 10.8. The van der Waals surface area contributed by atoms with Crippen LogP contribution in [-0.4, -0.2) is 21.1 Å². The van der Waals surface area contributed by atoms with Crippen molar-refractivity contribution >= 4 is 50.4 Å². The van der Waals surface area contributed by atoms with Gasteiger partial charge in [-0.3, -0.25) is 9.78 Å². The minimum Gasteiger partial charge on any atom is -0.364 e. The van der Waals surface area contributed by atoms with Gasteiger partial charge in [-0.1, -0.05) is 23.7 Å². The summed E-state index contributed by atoms with van der Waals surface area (Å²) in [6.07, 6.45) is 3.37. The van der Waals surface area contributed by atoms with E-state index < -0.39 is 5.91 Å². The Kier molecular flexibility index (Phi) is 4.24. The molecule has 0 bridgehead atoms. The number of halogens is 1. The minimum atomic E-state index is -0.611. The highest BCUT2D eigenvalue weighted by Crippen LogP contribution is 2.38. The first-order valence-corrected chi connectivity index (χ1v) is 8.84. The Morgan fingerprint density at radius 2 is 1.96 bits per heavy atom. The highest BCUT2D eigenvalue weighted by Gasteiger charge is 2.17. The molecular weight excluding hydrogens is 370 g/mol. The highest BCUT2D eigenvalue weighted by molar-refractivity contribution is 7.22. The number of carbonyl (C=O) groups excluding carboxylic acids is 1. The Labute approximate surface area is 157 Å². The molecule has 1 amide bonds. The van der Waals surface area contributed by atoms with E-state index in [0.29, 0.717) is 15.5 Å². The lowest BCUT2D eigenvalue weighted by Gasteiger charge is -2.06. The van der Waals surface area contributed by atoms with Crippen LogP contribution in [0.3, 0.4) is 0 Å². The van der Waals surface area contributed by atoms with E-state index in [1.807, 2.05) is 42.5 Å². The number of hydrogen-bond acceptors (Lipinski definition) is 6. The number of fused-ring (bicyclic) bond motifs is 1. The van der Waals surface area contributed by atoms with E-state index >= 15 is 0 Å². The van der Waals surface area contributed by atoms with Crippen LogP contribution in [0.15, 0.2) is 54.9 Å². The van der Waals surface area contributed by atoms with Crippen LogP contribution in [0.2, 0.25) is 5.02 Å². The Balaban J connectivity index is 1.87. The van der Waals surface area contributed by atoms with E-state index in [4.69, 9.17) is 17.3 Å². The van der Waals surface area contributed by atoms with Crippen LogP contribution < -0.4 is 11.1 Å². The fraction of sp³-hybridized carbons (Fsp3) is 0. The largest absolute Gasteiger partial charge is 0.364 e. The molecule has 3 heterocycles. The van der Waals surface area contributed by atoms with Crippen molar-refractivity contribution in [3.8, 4) is 10.4 Å². The molecule has 6 nitrogen and oxygen atoms in total. The average Bonchev–Trinajstić information content (AvgIpc) is 3.09. The molecule has 4 rings (SSSR count). The third kappa shape index (κ3) is 3.10. The second-order valence-electron chi connectivity index (χ2n) is 5.49. The third-order valence-electron chi connectivity index (χ3n) is 3.74. The molecule has 0 aliphatic rings. The van der Waals surface area contributed by atoms with Crippen LogP contribution in [-0.2, 0) is 0 Å². The summed E-state index contributed by atoms with van der Waals surface area (Å²) in [5.41, 5.74) is 7.38. The van der Waals surface area contributed by atoms with Crippen molar-refractivity contribution in [1.29, 1.82) is 0 Å². The molecule has 0 fully saturated rings. The van der Waals surface area contributed by atoms with Gasteiger partial charge in [-0.05, 0) is 35.9 Å². The molecule has 0 saturated heterocycles. The zero-order chi connectivity index (χ0) is 18.1. The maximum absolute atomic E-state index is 11.8. The van der Waals surface area contributed by atoms with E-state index in [-0.39, 0.29) is 5.69 Å². The van der Waals surface area contributed by atoms with Crippen LogP contribution >= 0.6 is 22.9 Å². The van der Waals surface area contributed by atoms with Gasteiger partial charge in [-0.2, -0.15) is 0 Å². The van der Waals surface area contributed by atoms with Gasteiger partial charge >= 0.3 is 0 Å². The summed E-state index contributed by atoms with van der Waals surface area (Å²) >= 11 is 7.40. The van der Waals surface area contributed by atoms with Gasteiger partial charge in [-0.15, -0.1) is 21.5 Å². The lowest BCUT2D eigenvalue weighted by molar-refractivity contribution is 0.0996. The standard InChI is InChI=1S/C18H12ClN5OS/c19-11-5-3-10(4-6-11)14-8-13-16(26-14)15(17(20)25)23-24-18(13)22-12-2-1-7-21-9-12/h1-9H,(H2,20,25)(H,22,24). The first-order valence-electron chi connectivity index (χ1n) is 7.65. The number of rotatable bonds is 4. The first-order chi connectivity index (χ1) is 12.6. The number of pyridine rings is 1. The lowest BCUT2D eigenvalue weighted by Crippen LogP contribution is -2.14. The molecule has 0 aliphatic carbocycles. The SMILES string of the molecule is NC(=O)c1nnc(Nc2cccnc2)c2cc(-c3ccc(Cl)cc3)sc12. The fourth-order valence-corrected chi connectivity index (χ4v) is 3.81. The summed E-state index contributed by atoms with van der Waals surface area (Å²) in [5, 5.41) is 12.8. The molecule has 128 valence electrons. The van der Waals surface area contributed by atoms with E-state index in [9.17, 15) is 4.79 Å². The van der Waals surface area contributed by atoms with Crippen LogP contribution in [0.1, 0.15) is 10.5 Å². The van der Waals surface area contributed by atoms with Crippen LogP contribution in [0.4, 0.5) is 11.5 Å². The van der Waals surface area contributed by atoms with Crippen molar-refractivity contribution in [2.45, 2.75) is 0 Å². The molecule has 3 aromatic heterocycles. The smallest absolute Gasteiger partial charge is 0.270 e. The van der Waals surface area contributed by atoms with Gasteiger partial charge in [0.15, 0.2) is 11.5 Å². The molecule has 1 aromatic carbocycles. The maximum Gasteiger partial charge on any atom is 0.270 e. The van der Waals surface area contributed by atoms with Crippen molar-refractivity contribution in [2.24, 2.45) is 5.73 Å². The molecule has 0 radical (unpaired) electrons. The van der Waals surface area contributed by atoms with Crippen molar-refractivity contribution in [1.82, 2.24) is 15.2 Å². The number of carbonyl (C=O) groups is 1. The summed E-state index contributed by atoms with van der Waals surface area (Å²) < 4.78 is 0.684. The van der Waals surface area contributed by atoms with Gasteiger partial charge < -0.3 is 11.1 Å². The number of primary amides is 1. The monoisotopic (exact) mass is 381 g/mol. The number of nitrogens with zero attached hydrogens (tertiary/aromatic N) is 3. The predicted molar refractivity (Wildman–Crippen MR) is 104 cm³/mol. The Hall–Kier alpha value is -3.03. The molecule has 26 heavy (non-hydrogen) atoms. The number of benzene rings is 1. The van der Waals surface area contributed by atoms with Gasteiger partial charge in [-0.25, -0.2) is 0 Å². The molecule has 0 unspecified atom stereocenters. The molecule has 0 saturated carbocycles. The minimum absolute atomic E-state index is 0.155. The summed E-state index contributed by atoms with van der Waals surface area (Å²) in [6, 6.07) is 13.1. The molecule has 3 N–H and O–H groups in total. The zero-order valence-corrected chi connectivity index (χ0v) is 14.9. The molecule has 8 heteroatoms. The van der Waals surface area contributed by atoms with Gasteiger partial charge in [0.1, 0.15) is 0 Å². The topological polar surface area (TPSA) is 93.8 Å². The van der Waals surface area contributed by atoms with Crippen LogP contribution in [0.25, 0.3) is 20.5 Å². The summed E-state index contributed by atoms with van der Waals surface area (Å²) in [6.45, 7) is 0. The van der Waals surface area contributed by atoms with Gasteiger partial charge in [0.25, 0.3) is 5.91 Å². The number of nitrogens with one attached hydrogen (secondary N) is 1. The summed E-state index contributed by atoms with van der Waals surface area (Å²) in [5.74, 6) is -0.0746. The number of amides is 1. The van der Waals surface area contributed by atoms with Gasteiger partial charge in [0.05, 0.1) is 16.6 Å². The number of nitrogens with two attached hydrogens (primary N) is 1. The molecule has 0 spiro atoms. The quantitative estimate of drug-likeness (QED) is 0.551. The van der Waals surface area contributed by atoms with Crippen LogP contribution in [0.5, 0.6) is 0 Å². The van der Waals surface area contributed by atoms with Crippen molar-refractivity contribution < 1.29 is 4.79 Å². The average molecular weight is 382 g/mol. The molecule has 0 aliphatic heterocycles. The number of anilines is 2. The fourth-order valence-electron chi connectivity index (χ4n) is 2.53. The van der Waals surface area contributed by atoms with Crippen molar-refractivity contribution in [3.05, 3.63) is 65.6 Å². The van der Waals surface area contributed by atoms with Gasteiger partial charge in [0, 0.05) is 21.5 Å². The number of aromatic nitrogens is 3. The van der Waals surface area contributed by atoms with E-state index in [2.05, 4.69) is 20.5 Å². The number of thiophene rings is 1. The summed E-state index contributed by atoms with van der Waals surface area (Å²) in [4.78, 5) is 16.8. The molecular formula is C18H12ClN5OS. The maximum atomic E-state index is 11.8. The zero-order valence-electron chi connectivity index (χ0n) is 13.3. The van der Waals surface area contributed by atoms with Gasteiger partial charge in [0.2, 0.25) is 0 Å². The van der Waals surface area contributed by atoms with Crippen molar-refractivity contribution in [2.75, 3.05) is 5.32 Å². The van der Waals surface area contributed by atoms with E-state index in [0.717, 1.165) is 21.5 Å². The third-order valence-corrected chi connectivity index (χ3v) is 5.18. The van der Waals surface area contributed by atoms with E-state index in [1.165, 1.54) is 11.3 Å². The second-order valence-corrected chi connectivity index (χ2v) is 6.98. The van der Waals surface area contributed by atoms with E-state index in [1.54, 1.807) is 12.4 Å². The Bertz CT molecular complexity index is 1100. The highest BCUT2D eigenvalue weighted by atomic mass is 35.5.